The molecule has 4 nitrogen and oxygen atoms in total. The topological polar surface area (TPSA) is 67.5 Å². The molecule has 0 fully saturated rings. The Kier molecular flexibility index (Phi) is 3.43. The van der Waals surface area contributed by atoms with Gasteiger partial charge >= 0.3 is 6.03 Å². The van der Waals surface area contributed by atoms with Crippen molar-refractivity contribution < 1.29 is 4.79 Å². The van der Waals surface area contributed by atoms with E-state index >= 15 is 0 Å². The van der Waals surface area contributed by atoms with E-state index in [4.69, 9.17) is 5.73 Å². The van der Waals surface area contributed by atoms with Gasteiger partial charge in [-0.15, -0.1) is 0 Å². The second kappa shape index (κ2) is 3.88. The highest BCUT2D eigenvalue weighted by Gasteiger charge is 1.85. The van der Waals surface area contributed by atoms with E-state index < -0.39 is 6.03 Å². The molecule has 0 unspecified atom stereocenters. The number of amides is 2. The molecule has 0 radical (unpaired) electrons. The van der Waals surface area contributed by atoms with Crippen LogP contribution in [0.5, 0.6) is 0 Å². The summed E-state index contributed by atoms with van der Waals surface area (Å²) in [6, 6.07) is -0.392. The average Bonchev–Trinajstić information content (AvgIpc) is 1.63. The molecule has 0 aromatic rings. The third kappa shape index (κ3) is 6.94. The van der Waals surface area contributed by atoms with Crippen LogP contribution in [0, 0.1) is 0 Å². The molecule has 2 amide bonds. The number of urea groups is 1. The van der Waals surface area contributed by atoms with Crippen LogP contribution in [-0.2, 0) is 0 Å². The lowest BCUT2D eigenvalue weighted by Gasteiger charge is -1.99. The number of nitrogens with two attached hydrogens (primary N) is 1. The molecule has 4 heteroatoms. The Bertz CT molecular complexity index is 119. The normalized spacial score (nSPS) is 10.6. The summed E-state index contributed by atoms with van der Waals surface area (Å²) in [5.74, 6) is 0. The molecule has 52 valence electrons. The lowest BCUT2D eigenvalue weighted by molar-refractivity contribution is 0.257. The number of nitrogens with one attached hydrogen (secondary N) is 1. The molecule has 0 rings (SSSR count). The Labute approximate surface area is 54.1 Å². The fourth-order valence-corrected chi connectivity index (χ4v) is 0.250. The van der Waals surface area contributed by atoms with Crippen LogP contribution < -0.4 is 11.1 Å². The monoisotopic (exact) mass is 129 g/mol. The van der Waals surface area contributed by atoms with Crippen molar-refractivity contribution in [2.75, 3.05) is 0 Å². The van der Waals surface area contributed by atoms with Gasteiger partial charge in [-0.3, -0.25) is 0 Å². The smallest absolute Gasteiger partial charge is 0.339 e. The highest BCUT2D eigenvalue weighted by Crippen LogP contribution is 1.71. The highest BCUT2D eigenvalue weighted by molar-refractivity contribution is 5.81. The maximum absolute atomic E-state index is 9.97. The maximum Gasteiger partial charge on any atom is 0.339 e. The molecule has 0 saturated carbocycles. The minimum Gasteiger partial charge on any atom is -0.374 e. The van der Waals surface area contributed by atoms with Gasteiger partial charge in [0.1, 0.15) is 0 Å². The maximum atomic E-state index is 9.97. The van der Waals surface area contributed by atoms with Crippen molar-refractivity contribution in [1.29, 1.82) is 0 Å². The zero-order valence-corrected chi connectivity index (χ0v) is 5.59. The van der Waals surface area contributed by atoms with Crippen molar-refractivity contribution in [2.45, 2.75) is 19.9 Å². The van der Waals surface area contributed by atoms with E-state index in [9.17, 15) is 4.79 Å². The van der Waals surface area contributed by atoms with E-state index in [0.29, 0.717) is 0 Å². The van der Waals surface area contributed by atoms with E-state index in [1.54, 1.807) is 0 Å². The van der Waals surface area contributed by atoms with E-state index in [1.807, 2.05) is 13.8 Å². The van der Waals surface area contributed by atoms with Crippen molar-refractivity contribution in [2.24, 2.45) is 10.7 Å². The largest absolute Gasteiger partial charge is 0.374 e. The molecular weight excluding hydrogens is 118 g/mol. The van der Waals surface area contributed by atoms with Crippen molar-refractivity contribution in [3.8, 4) is 0 Å². The molecule has 0 spiro atoms. The summed E-state index contributed by atoms with van der Waals surface area (Å²) in [5.41, 5.74) is 4.70. The standard InChI is InChI=1S/C5H11N3O/c1-4(2)7-3-8-5(6)9/h3-4H,1-2H3,(H3,6,7,8,9). The molecule has 0 aliphatic rings. The zero-order chi connectivity index (χ0) is 7.28. The number of carbonyl (C=O) groups excluding carboxylic acids is 1. The molecule has 0 aromatic carbocycles. The molecule has 0 atom stereocenters. The number of nitrogens with zero attached hydrogens (tertiary/aromatic N) is 1. The summed E-state index contributed by atoms with van der Waals surface area (Å²) in [6.07, 6.45) is 1.30. The van der Waals surface area contributed by atoms with Crippen LogP contribution in [0.3, 0.4) is 0 Å². The Hall–Kier alpha value is -1.06. The summed E-state index contributed by atoms with van der Waals surface area (Å²) in [7, 11) is 0. The third-order valence-corrected chi connectivity index (χ3v) is 0.600. The van der Waals surface area contributed by atoms with Crippen molar-refractivity contribution in [3.63, 3.8) is 0 Å². The first-order valence-corrected chi connectivity index (χ1v) is 2.71. The molecule has 0 saturated heterocycles. The van der Waals surface area contributed by atoms with Gasteiger partial charge in [-0.25, -0.2) is 4.79 Å². The van der Waals surface area contributed by atoms with E-state index in [2.05, 4.69) is 10.3 Å². The van der Waals surface area contributed by atoms with Crippen LogP contribution in [0.15, 0.2) is 4.99 Å². The first kappa shape index (κ1) is 7.94. The quantitative estimate of drug-likeness (QED) is 0.410. The summed E-state index contributed by atoms with van der Waals surface area (Å²) in [5, 5.41) is 2.78. The molecular formula is C5H11N3O. The number of rotatable bonds is 2. The molecule has 0 aliphatic heterocycles. The van der Waals surface area contributed by atoms with Crippen LogP contribution in [-0.4, -0.2) is 18.4 Å². The summed E-state index contributed by atoms with van der Waals surface area (Å²) in [6.45, 7) is 3.88. The SMILES string of the molecule is CC(C)NC=NC(N)=O. The predicted octanol–water partition coefficient (Wildman–Crippen LogP) is 0.0914. The predicted molar refractivity (Wildman–Crippen MR) is 36.3 cm³/mol. The van der Waals surface area contributed by atoms with E-state index in [0.717, 1.165) is 0 Å². The fourth-order valence-electron chi connectivity index (χ4n) is 0.250. The number of primary amides is 1. The van der Waals surface area contributed by atoms with Gasteiger partial charge in [0.05, 0.1) is 6.34 Å². The number of aliphatic imine (C=N–C) groups is 1. The van der Waals surface area contributed by atoms with Crippen molar-refractivity contribution in [3.05, 3.63) is 0 Å². The Morgan fingerprint density at radius 1 is 1.78 bits per heavy atom. The molecule has 9 heavy (non-hydrogen) atoms. The minimum atomic E-state index is -0.678. The van der Waals surface area contributed by atoms with E-state index in [-0.39, 0.29) is 6.04 Å². The first-order chi connectivity index (χ1) is 4.13. The lowest BCUT2D eigenvalue weighted by Crippen LogP contribution is -2.21. The van der Waals surface area contributed by atoms with E-state index in [1.165, 1.54) is 6.34 Å². The molecule has 0 aliphatic carbocycles. The number of hydrogen-bond donors (Lipinski definition) is 2. The van der Waals surface area contributed by atoms with Gasteiger partial charge in [0.2, 0.25) is 0 Å². The zero-order valence-electron chi connectivity index (χ0n) is 5.59. The van der Waals surface area contributed by atoms with Gasteiger partial charge in [-0.1, -0.05) is 0 Å². The second-order valence-corrected chi connectivity index (χ2v) is 1.92. The molecule has 0 heterocycles. The number of carbonyl (C=O) groups is 1. The molecule has 0 bridgehead atoms. The van der Waals surface area contributed by atoms with Gasteiger partial charge in [0, 0.05) is 6.04 Å². The Balaban J connectivity index is 3.36. The van der Waals surface area contributed by atoms with Crippen LogP contribution in [0.2, 0.25) is 0 Å². The van der Waals surface area contributed by atoms with Crippen LogP contribution in [0.4, 0.5) is 4.79 Å². The summed E-state index contributed by atoms with van der Waals surface area (Å²) < 4.78 is 0. The third-order valence-electron chi connectivity index (χ3n) is 0.600. The van der Waals surface area contributed by atoms with Crippen LogP contribution >= 0.6 is 0 Å². The van der Waals surface area contributed by atoms with Crippen molar-refractivity contribution in [1.82, 2.24) is 5.32 Å². The summed E-state index contributed by atoms with van der Waals surface area (Å²) in [4.78, 5) is 13.2. The number of hydrogen-bond acceptors (Lipinski definition) is 1. The molecule has 3 N–H and O–H groups in total. The van der Waals surface area contributed by atoms with Gasteiger partial charge < -0.3 is 11.1 Å². The fraction of sp³-hybridized carbons (Fsp3) is 0.600. The highest BCUT2D eigenvalue weighted by atomic mass is 16.2. The van der Waals surface area contributed by atoms with Crippen LogP contribution in [0.1, 0.15) is 13.8 Å². The van der Waals surface area contributed by atoms with Crippen molar-refractivity contribution >= 4 is 12.4 Å². The van der Waals surface area contributed by atoms with Gasteiger partial charge in [0.15, 0.2) is 0 Å². The van der Waals surface area contributed by atoms with Gasteiger partial charge in [-0.2, -0.15) is 4.99 Å². The lowest BCUT2D eigenvalue weighted by atomic mass is 10.4. The summed E-state index contributed by atoms with van der Waals surface area (Å²) >= 11 is 0. The second-order valence-electron chi connectivity index (χ2n) is 1.92. The van der Waals surface area contributed by atoms with Gasteiger partial charge in [-0.05, 0) is 13.8 Å². The van der Waals surface area contributed by atoms with Gasteiger partial charge in [0.25, 0.3) is 0 Å². The Morgan fingerprint density at radius 3 is 2.67 bits per heavy atom. The molecule has 0 aromatic heterocycles. The van der Waals surface area contributed by atoms with Crippen LogP contribution in [0.25, 0.3) is 0 Å². The minimum absolute atomic E-state index is 0.285. The average molecular weight is 129 g/mol. The Morgan fingerprint density at radius 2 is 2.33 bits per heavy atom. The first-order valence-electron chi connectivity index (χ1n) is 2.71.